The highest BCUT2D eigenvalue weighted by atomic mass is 14.9. The first-order valence-corrected chi connectivity index (χ1v) is 5.38. The SMILES string of the molecule is C=C(C)CCC(NC)c1cccc(C)n1. The molecule has 0 saturated heterocycles. The van der Waals surface area contributed by atoms with Gasteiger partial charge in [0.2, 0.25) is 0 Å². The van der Waals surface area contributed by atoms with Crippen molar-refractivity contribution in [3.63, 3.8) is 0 Å². The molecule has 82 valence electrons. The molecule has 2 nitrogen and oxygen atoms in total. The molecular weight excluding hydrogens is 184 g/mol. The van der Waals surface area contributed by atoms with Crippen LogP contribution in [0.3, 0.4) is 0 Å². The highest BCUT2D eigenvalue weighted by molar-refractivity contribution is 5.13. The molecule has 0 bridgehead atoms. The van der Waals surface area contributed by atoms with E-state index in [0.29, 0.717) is 6.04 Å². The molecule has 0 radical (unpaired) electrons. The van der Waals surface area contributed by atoms with E-state index in [-0.39, 0.29) is 0 Å². The monoisotopic (exact) mass is 204 g/mol. The van der Waals surface area contributed by atoms with Crippen LogP contribution in [0, 0.1) is 6.92 Å². The molecule has 0 aliphatic carbocycles. The Labute approximate surface area is 92.4 Å². The first-order chi connectivity index (χ1) is 7.13. The molecule has 1 heterocycles. The highest BCUT2D eigenvalue weighted by Gasteiger charge is 2.09. The number of pyridine rings is 1. The average Bonchev–Trinajstić information content (AvgIpc) is 2.18. The zero-order chi connectivity index (χ0) is 11.3. The lowest BCUT2D eigenvalue weighted by molar-refractivity contribution is 0.534. The summed E-state index contributed by atoms with van der Waals surface area (Å²) >= 11 is 0. The van der Waals surface area contributed by atoms with Gasteiger partial charge in [0.1, 0.15) is 0 Å². The van der Waals surface area contributed by atoms with Gasteiger partial charge in [0.25, 0.3) is 0 Å². The zero-order valence-corrected chi connectivity index (χ0v) is 9.88. The quantitative estimate of drug-likeness (QED) is 0.746. The smallest absolute Gasteiger partial charge is 0.0576 e. The van der Waals surface area contributed by atoms with Crippen LogP contribution in [0.2, 0.25) is 0 Å². The molecule has 1 atom stereocenters. The molecule has 1 rings (SSSR count). The molecule has 0 fully saturated rings. The maximum absolute atomic E-state index is 4.53. The van der Waals surface area contributed by atoms with Crippen molar-refractivity contribution in [1.29, 1.82) is 0 Å². The maximum atomic E-state index is 4.53. The van der Waals surface area contributed by atoms with Gasteiger partial charge in [-0.3, -0.25) is 4.98 Å². The summed E-state index contributed by atoms with van der Waals surface area (Å²) in [6.45, 7) is 8.01. The molecule has 1 unspecified atom stereocenters. The van der Waals surface area contributed by atoms with Gasteiger partial charge in [0, 0.05) is 11.7 Å². The normalized spacial score (nSPS) is 12.5. The third-order valence-corrected chi connectivity index (χ3v) is 2.48. The van der Waals surface area contributed by atoms with Crippen molar-refractivity contribution in [3.8, 4) is 0 Å². The summed E-state index contributed by atoms with van der Waals surface area (Å²) in [6.07, 6.45) is 2.10. The predicted molar refractivity (Wildman–Crippen MR) is 64.8 cm³/mol. The summed E-state index contributed by atoms with van der Waals surface area (Å²) in [7, 11) is 1.98. The van der Waals surface area contributed by atoms with Crippen LogP contribution in [0.25, 0.3) is 0 Å². The van der Waals surface area contributed by atoms with Crippen LogP contribution in [0.1, 0.15) is 37.2 Å². The van der Waals surface area contributed by atoms with Crippen LogP contribution < -0.4 is 5.32 Å². The molecule has 0 aromatic carbocycles. The Hall–Kier alpha value is -1.15. The lowest BCUT2D eigenvalue weighted by Gasteiger charge is -2.15. The van der Waals surface area contributed by atoms with E-state index in [4.69, 9.17) is 0 Å². The van der Waals surface area contributed by atoms with E-state index in [1.54, 1.807) is 0 Å². The zero-order valence-electron chi connectivity index (χ0n) is 9.88. The minimum atomic E-state index is 0.335. The second kappa shape index (κ2) is 5.66. The van der Waals surface area contributed by atoms with E-state index in [1.165, 1.54) is 5.57 Å². The van der Waals surface area contributed by atoms with Crippen LogP contribution in [0.15, 0.2) is 30.4 Å². The topological polar surface area (TPSA) is 24.9 Å². The standard InChI is InChI=1S/C13H20N2/c1-10(2)8-9-12(14-4)13-7-5-6-11(3)15-13/h5-7,12,14H,1,8-9H2,2-4H3. The van der Waals surface area contributed by atoms with Crippen molar-refractivity contribution in [2.75, 3.05) is 7.05 Å². The molecule has 1 aromatic heterocycles. The molecule has 15 heavy (non-hydrogen) atoms. The molecular formula is C13H20N2. The van der Waals surface area contributed by atoms with Crippen molar-refractivity contribution in [1.82, 2.24) is 10.3 Å². The van der Waals surface area contributed by atoms with Gasteiger partial charge in [-0.25, -0.2) is 0 Å². The molecule has 0 amide bonds. The Bertz CT molecular complexity index is 331. The summed E-state index contributed by atoms with van der Waals surface area (Å²) in [4.78, 5) is 4.53. The lowest BCUT2D eigenvalue weighted by atomic mass is 10.0. The fourth-order valence-corrected chi connectivity index (χ4v) is 1.59. The van der Waals surface area contributed by atoms with Gasteiger partial charge in [-0.15, -0.1) is 6.58 Å². The number of aryl methyl sites for hydroxylation is 1. The summed E-state index contributed by atoms with van der Waals surface area (Å²) in [5.74, 6) is 0. The van der Waals surface area contributed by atoms with Crippen LogP contribution >= 0.6 is 0 Å². The first kappa shape index (κ1) is 11.9. The van der Waals surface area contributed by atoms with E-state index in [0.717, 1.165) is 24.2 Å². The van der Waals surface area contributed by atoms with Gasteiger partial charge in [0.15, 0.2) is 0 Å². The van der Waals surface area contributed by atoms with Gasteiger partial charge in [-0.2, -0.15) is 0 Å². The van der Waals surface area contributed by atoms with E-state index in [2.05, 4.69) is 35.9 Å². The predicted octanol–water partition coefficient (Wildman–Crippen LogP) is 3.01. The Morgan fingerprint density at radius 3 is 2.80 bits per heavy atom. The second-order valence-corrected chi connectivity index (χ2v) is 4.04. The number of allylic oxidation sites excluding steroid dienone is 1. The molecule has 0 spiro atoms. The lowest BCUT2D eigenvalue weighted by Crippen LogP contribution is -2.17. The Morgan fingerprint density at radius 1 is 1.53 bits per heavy atom. The number of aromatic nitrogens is 1. The van der Waals surface area contributed by atoms with Gasteiger partial charge in [-0.05, 0) is 45.9 Å². The van der Waals surface area contributed by atoms with Crippen molar-refractivity contribution < 1.29 is 0 Å². The second-order valence-electron chi connectivity index (χ2n) is 4.04. The van der Waals surface area contributed by atoms with E-state index in [9.17, 15) is 0 Å². The van der Waals surface area contributed by atoms with Crippen molar-refractivity contribution in [3.05, 3.63) is 41.7 Å². The number of nitrogens with zero attached hydrogens (tertiary/aromatic N) is 1. The summed E-state index contributed by atoms with van der Waals surface area (Å²) in [5.41, 5.74) is 3.42. The van der Waals surface area contributed by atoms with Gasteiger partial charge in [0.05, 0.1) is 5.69 Å². The first-order valence-electron chi connectivity index (χ1n) is 5.38. The molecule has 1 N–H and O–H groups in total. The third-order valence-electron chi connectivity index (χ3n) is 2.48. The van der Waals surface area contributed by atoms with Crippen LogP contribution in [0.4, 0.5) is 0 Å². The fraction of sp³-hybridized carbons (Fsp3) is 0.462. The Kier molecular flexibility index (Phi) is 4.50. The molecule has 0 aliphatic heterocycles. The van der Waals surface area contributed by atoms with Crippen LogP contribution in [-0.2, 0) is 0 Å². The van der Waals surface area contributed by atoms with Crippen LogP contribution in [-0.4, -0.2) is 12.0 Å². The van der Waals surface area contributed by atoms with Crippen molar-refractivity contribution in [2.45, 2.75) is 32.7 Å². The van der Waals surface area contributed by atoms with Crippen molar-refractivity contribution in [2.24, 2.45) is 0 Å². The average molecular weight is 204 g/mol. The Balaban J connectivity index is 2.69. The van der Waals surface area contributed by atoms with E-state index in [1.807, 2.05) is 20.0 Å². The van der Waals surface area contributed by atoms with Gasteiger partial charge >= 0.3 is 0 Å². The summed E-state index contributed by atoms with van der Waals surface area (Å²) in [6, 6.07) is 6.49. The minimum Gasteiger partial charge on any atom is -0.312 e. The molecule has 2 heteroatoms. The summed E-state index contributed by atoms with van der Waals surface area (Å²) in [5, 5.41) is 3.30. The number of rotatable bonds is 5. The maximum Gasteiger partial charge on any atom is 0.0576 e. The largest absolute Gasteiger partial charge is 0.312 e. The third kappa shape index (κ3) is 3.84. The number of hydrogen-bond acceptors (Lipinski definition) is 2. The highest BCUT2D eigenvalue weighted by Crippen LogP contribution is 2.18. The van der Waals surface area contributed by atoms with Gasteiger partial charge < -0.3 is 5.32 Å². The molecule has 0 saturated carbocycles. The minimum absolute atomic E-state index is 0.335. The number of hydrogen-bond donors (Lipinski definition) is 1. The Morgan fingerprint density at radius 2 is 2.27 bits per heavy atom. The summed E-state index contributed by atoms with van der Waals surface area (Å²) < 4.78 is 0. The van der Waals surface area contributed by atoms with Crippen LogP contribution in [0.5, 0.6) is 0 Å². The van der Waals surface area contributed by atoms with Gasteiger partial charge in [-0.1, -0.05) is 11.6 Å². The molecule has 0 aliphatic rings. The van der Waals surface area contributed by atoms with Crippen molar-refractivity contribution >= 4 is 0 Å². The number of nitrogens with one attached hydrogen (secondary N) is 1. The van der Waals surface area contributed by atoms with E-state index >= 15 is 0 Å². The fourth-order valence-electron chi connectivity index (χ4n) is 1.59. The van der Waals surface area contributed by atoms with E-state index < -0.39 is 0 Å². The molecule has 1 aromatic rings.